The van der Waals surface area contributed by atoms with Gasteiger partial charge in [0.1, 0.15) is 5.60 Å². The summed E-state index contributed by atoms with van der Waals surface area (Å²) in [6.07, 6.45) is 0.697. The van der Waals surface area contributed by atoms with Crippen LogP contribution in [0, 0.1) is 5.92 Å². The van der Waals surface area contributed by atoms with E-state index in [0.717, 1.165) is 12.8 Å². The molecular weight excluding hydrogens is 212 g/mol. The molecule has 0 aromatic carbocycles. The van der Waals surface area contributed by atoms with Crippen molar-refractivity contribution in [3.8, 4) is 0 Å². The highest BCUT2D eigenvalue weighted by Crippen LogP contribution is 2.44. The molecule has 88 valence electrons. The van der Waals surface area contributed by atoms with E-state index in [1.54, 1.807) is 0 Å². The number of rotatable bonds is 1. The van der Waals surface area contributed by atoms with Gasteiger partial charge in [-0.15, -0.1) is 0 Å². The zero-order chi connectivity index (χ0) is 11.3. The molecule has 6 nitrogen and oxygen atoms in total. The molecule has 0 aromatic heterocycles. The Labute approximate surface area is 92.5 Å². The van der Waals surface area contributed by atoms with Crippen molar-refractivity contribution in [3.05, 3.63) is 0 Å². The predicted molar refractivity (Wildman–Crippen MR) is 52.9 cm³/mol. The molecule has 2 aliphatic heterocycles. The summed E-state index contributed by atoms with van der Waals surface area (Å²) in [6, 6.07) is 0. The van der Waals surface area contributed by atoms with E-state index in [1.807, 2.05) is 0 Å². The molecular formula is C10H14N2O4. The van der Waals surface area contributed by atoms with Gasteiger partial charge < -0.3 is 20.1 Å². The average molecular weight is 226 g/mol. The van der Waals surface area contributed by atoms with Crippen LogP contribution in [0.2, 0.25) is 0 Å². The predicted octanol–water partition coefficient (Wildman–Crippen LogP) is -0.356. The van der Waals surface area contributed by atoms with Crippen LogP contribution >= 0.6 is 0 Å². The van der Waals surface area contributed by atoms with Crippen LogP contribution in [0.1, 0.15) is 12.8 Å². The minimum atomic E-state index is -0.878. The molecule has 3 fully saturated rings. The molecule has 0 bridgehead atoms. The van der Waals surface area contributed by atoms with Gasteiger partial charge in [0.2, 0.25) is 0 Å². The van der Waals surface area contributed by atoms with Gasteiger partial charge in [-0.25, -0.2) is 4.79 Å². The summed E-state index contributed by atoms with van der Waals surface area (Å²) in [5, 5.41) is 11.6. The molecule has 1 saturated carbocycles. The Morgan fingerprint density at radius 1 is 1.50 bits per heavy atom. The molecule has 2 amide bonds. The van der Waals surface area contributed by atoms with E-state index in [-0.39, 0.29) is 17.9 Å². The van der Waals surface area contributed by atoms with Crippen molar-refractivity contribution in [1.29, 1.82) is 0 Å². The third-order valence-electron chi connectivity index (χ3n) is 3.66. The normalized spacial score (nSPS) is 32.1. The van der Waals surface area contributed by atoms with E-state index in [9.17, 15) is 9.59 Å². The number of hydrogen-bond donors (Lipinski definition) is 2. The minimum Gasteiger partial charge on any atom is -0.465 e. The smallest absolute Gasteiger partial charge is 0.407 e. The van der Waals surface area contributed by atoms with Gasteiger partial charge in [0.15, 0.2) is 0 Å². The number of hydrogen-bond acceptors (Lipinski definition) is 3. The maximum absolute atomic E-state index is 11.5. The van der Waals surface area contributed by atoms with Crippen molar-refractivity contribution in [2.75, 3.05) is 19.6 Å². The number of amides is 2. The van der Waals surface area contributed by atoms with Crippen LogP contribution in [0.3, 0.4) is 0 Å². The monoisotopic (exact) mass is 226 g/mol. The van der Waals surface area contributed by atoms with Gasteiger partial charge in [-0.1, -0.05) is 0 Å². The molecule has 3 aliphatic rings. The lowest BCUT2D eigenvalue weighted by atomic mass is 9.92. The highest BCUT2D eigenvalue weighted by molar-refractivity contribution is 5.88. The number of nitrogens with one attached hydrogen (secondary N) is 1. The van der Waals surface area contributed by atoms with E-state index in [1.165, 1.54) is 4.90 Å². The summed E-state index contributed by atoms with van der Waals surface area (Å²) in [6.45, 7) is 1.55. The largest absolute Gasteiger partial charge is 0.465 e. The Hall–Kier alpha value is -1.30. The second-order valence-corrected chi connectivity index (χ2v) is 4.81. The van der Waals surface area contributed by atoms with Crippen molar-refractivity contribution in [1.82, 2.24) is 10.2 Å². The lowest BCUT2D eigenvalue weighted by Crippen LogP contribution is -2.61. The van der Waals surface area contributed by atoms with Crippen LogP contribution in [0.15, 0.2) is 0 Å². The van der Waals surface area contributed by atoms with E-state index < -0.39 is 11.7 Å². The highest BCUT2D eigenvalue weighted by Gasteiger charge is 2.56. The first-order valence-electron chi connectivity index (χ1n) is 5.55. The summed E-state index contributed by atoms with van der Waals surface area (Å²) in [4.78, 5) is 23.5. The summed E-state index contributed by atoms with van der Waals surface area (Å²) >= 11 is 0. The topological polar surface area (TPSA) is 78.9 Å². The zero-order valence-electron chi connectivity index (χ0n) is 8.81. The first kappa shape index (κ1) is 9.89. The third-order valence-corrected chi connectivity index (χ3v) is 3.66. The van der Waals surface area contributed by atoms with Crippen molar-refractivity contribution in [2.45, 2.75) is 24.5 Å². The highest BCUT2D eigenvalue weighted by atomic mass is 16.5. The number of carbonyl (C=O) groups excluding carboxylic acids is 1. The summed E-state index contributed by atoms with van der Waals surface area (Å²) in [7, 11) is 0. The first-order chi connectivity index (χ1) is 7.61. The van der Waals surface area contributed by atoms with Crippen molar-refractivity contribution < 1.29 is 19.4 Å². The molecule has 1 atom stereocenters. The Morgan fingerprint density at radius 3 is 2.75 bits per heavy atom. The number of ether oxygens (including phenoxy) is 1. The van der Waals surface area contributed by atoms with E-state index >= 15 is 0 Å². The van der Waals surface area contributed by atoms with Crippen LogP contribution in [-0.4, -0.2) is 53.3 Å². The fraction of sp³-hybridized carbons (Fsp3) is 0.800. The minimum absolute atomic E-state index is 0.00170. The number of nitrogens with zero attached hydrogens (tertiary/aromatic N) is 1. The first-order valence-corrected chi connectivity index (χ1v) is 5.55. The third kappa shape index (κ3) is 1.36. The Balaban J connectivity index is 1.58. The molecule has 16 heavy (non-hydrogen) atoms. The summed E-state index contributed by atoms with van der Waals surface area (Å²) < 4.78 is 5.80. The van der Waals surface area contributed by atoms with E-state index in [4.69, 9.17) is 9.84 Å². The van der Waals surface area contributed by atoms with Gasteiger partial charge in [-0.2, -0.15) is 0 Å². The van der Waals surface area contributed by atoms with Crippen molar-refractivity contribution in [2.24, 2.45) is 5.92 Å². The molecule has 2 N–H and O–H groups in total. The number of morpholine rings is 1. The van der Waals surface area contributed by atoms with Gasteiger partial charge in [-0.05, 0) is 12.8 Å². The van der Waals surface area contributed by atoms with Crippen LogP contribution in [0.4, 0.5) is 4.79 Å². The fourth-order valence-corrected chi connectivity index (χ4v) is 2.36. The second-order valence-electron chi connectivity index (χ2n) is 4.81. The maximum Gasteiger partial charge on any atom is 0.407 e. The van der Waals surface area contributed by atoms with Gasteiger partial charge in [0, 0.05) is 25.6 Å². The molecule has 3 rings (SSSR count). The number of likely N-dealkylation sites (tertiary alicyclic amines) is 1. The molecule has 2 saturated heterocycles. The second kappa shape index (κ2) is 3.10. The van der Waals surface area contributed by atoms with Gasteiger partial charge >= 0.3 is 6.09 Å². The molecule has 1 aliphatic carbocycles. The molecule has 6 heteroatoms. The molecule has 1 unspecified atom stereocenters. The van der Waals surface area contributed by atoms with Crippen LogP contribution in [0.5, 0.6) is 0 Å². The summed E-state index contributed by atoms with van der Waals surface area (Å²) in [5.74, 6) is 0.229. The maximum atomic E-state index is 11.5. The molecule has 2 heterocycles. The van der Waals surface area contributed by atoms with Crippen LogP contribution < -0.4 is 5.32 Å². The van der Waals surface area contributed by atoms with Crippen LogP contribution in [0.25, 0.3) is 0 Å². The standard InChI is InChI=1S/C10H14N2O4/c13-8-10(1-2-10)16-7(3-11-8)6-4-12(5-6)9(14)15/h6-7H,1-5H2,(H,11,13)(H,14,15). The SMILES string of the molecule is O=C(O)N1CC(C2CNC(=O)C3(CC3)O2)C1. The van der Waals surface area contributed by atoms with Gasteiger partial charge in [-0.3, -0.25) is 4.79 Å². The summed E-state index contributed by atoms with van der Waals surface area (Å²) in [5.41, 5.74) is -0.563. The lowest BCUT2D eigenvalue weighted by molar-refractivity contribution is -0.158. The molecule has 0 radical (unpaired) electrons. The van der Waals surface area contributed by atoms with Crippen LogP contribution in [-0.2, 0) is 9.53 Å². The fourth-order valence-electron chi connectivity index (χ4n) is 2.36. The Kier molecular flexibility index (Phi) is 1.92. The molecule has 1 spiro atoms. The number of carboxylic acid groups (broad SMARTS) is 1. The van der Waals surface area contributed by atoms with E-state index in [2.05, 4.69) is 5.32 Å². The van der Waals surface area contributed by atoms with Crippen molar-refractivity contribution in [3.63, 3.8) is 0 Å². The number of carbonyl (C=O) groups is 2. The molecule has 0 aromatic rings. The van der Waals surface area contributed by atoms with Gasteiger partial charge in [0.05, 0.1) is 6.10 Å². The van der Waals surface area contributed by atoms with Crippen molar-refractivity contribution >= 4 is 12.0 Å². The lowest BCUT2D eigenvalue weighted by Gasteiger charge is -2.44. The Bertz CT molecular complexity index is 347. The van der Waals surface area contributed by atoms with E-state index in [0.29, 0.717) is 19.6 Å². The quantitative estimate of drug-likeness (QED) is 0.640. The Morgan fingerprint density at radius 2 is 2.19 bits per heavy atom. The average Bonchev–Trinajstić information content (AvgIpc) is 2.89. The van der Waals surface area contributed by atoms with Gasteiger partial charge in [0.25, 0.3) is 5.91 Å². The zero-order valence-corrected chi connectivity index (χ0v) is 8.81.